The van der Waals surface area contributed by atoms with Crippen molar-refractivity contribution in [2.45, 2.75) is 6.92 Å². The van der Waals surface area contributed by atoms with Crippen LogP contribution in [0.15, 0.2) is 48.5 Å². The molecule has 1 aliphatic rings. The van der Waals surface area contributed by atoms with Crippen molar-refractivity contribution in [1.82, 2.24) is 9.88 Å². The van der Waals surface area contributed by atoms with Gasteiger partial charge < -0.3 is 9.80 Å². The van der Waals surface area contributed by atoms with E-state index in [4.69, 9.17) is 4.98 Å². The van der Waals surface area contributed by atoms with Gasteiger partial charge in [-0.1, -0.05) is 18.2 Å². The lowest BCUT2D eigenvalue weighted by Crippen LogP contribution is -2.49. The number of halogens is 2. The van der Waals surface area contributed by atoms with Crippen LogP contribution in [-0.4, -0.2) is 42.0 Å². The number of benzene rings is 2. The average Bonchev–Trinajstić information content (AvgIpc) is 2.68. The van der Waals surface area contributed by atoms with Crippen LogP contribution in [0.1, 0.15) is 15.9 Å². The number of anilines is 1. The number of aryl methyl sites for hydroxylation is 1. The lowest BCUT2D eigenvalue weighted by atomic mass is 10.1. The summed E-state index contributed by atoms with van der Waals surface area (Å²) in [7, 11) is 0. The van der Waals surface area contributed by atoms with Crippen molar-refractivity contribution in [1.29, 1.82) is 0 Å². The highest BCUT2D eigenvalue weighted by molar-refractivity contribution is 5.94. The number of piperazine rings is 1. The van der Waals surface area contributed by atoms with Crippen molar-refractivity contribution < 1.29 is 13.6 Å². The molecular weight excluding hydrogens is 348 g/mol. The molecule has 0 atom stereocenters. The molecule has 2 heterocycles. The number of rotatable bonds is 2. The normalized spacial score (nSPS) is 14.6. The van der Waals surface area contributed by atoms with Gasteiger partial charge in [-0.05, 0) is 36.8 Å². The molecule has 0 bridgehead atoms. The minimum absolute atomic E-state index is 0.0930. The smallest absolute Gasteiger partial charge is 0.256 e. The fourth-order valence-electron chi connectivity index (χ4n) is 3.47. The predicted octanol–water partition coefficient (Wildman–Crippen LogP) is 3.78. The highest BCUT2D eigenvalue weighted by Crippen LogP contribution is 2.23. The molecule has 1 aromatic heterocycles. The number of para-hydroxylation sites is 1. The van der Waals surface area contributed by atoms with E-state index in [2.05, 4.69) is 24.0 Å². The summed E-state index contributed by atoms with van der Waals surface area (Å²) in [6, 6.07) is 13.1. The first-order valence-corrected chi connectivity index (χ1v) is 8.88. The second-order valence-electron chi connectivity index (χ2n) is 6.72. The summed E-state index contributed by atoms with van der Waals surface area (Å²) in [5, 5.41) is 1.13. The molecule has 4 rings (SSSR count). The highest BCUT2D eigenvalue weighted by atomic mass is 19.1. The fourth-order valence-corrected chi connectivity index (χ4v) is 3.47. The number of fused-ring (bicyclic) bond motifs is 1. The van der Waals surface area contributed by atoms with Gasteiger partial charge in [0.15, 0.2) is 0 Å². The Balaban J connectivity index is 1.50. The molecule has 2 aromatic carbocycles. The largest absolute Gasteiger partial charge is 0.353 e. The molecule has 138 valence electrons. The van der Waals surface area contributed by atoms with Crippen molar-refractivity contribution in [3.05, 3.63) is 71.3 Å². The van der Waals surface area contributed by atoms with E-state index in [0.717, 1.165) is 34.4 Å². The van der Waals surface area contributed by atoms with Gasteiger partial charge in [-0.3, -0.25) is 4.79 Å². The number of carbonyl (C=O) groups is 1. The Hall–Kier alpha value is -3.02. The monoisotopic (exact) mass is 367 g/mol. The minimum atomic E-state index is -0.825. The van der Waals surface area contributed by atoms with E-state index < -0.39 is 17.5 Å². The number of hydrogen-bond acceptors (Lipinski definition) is 3. The van der Waals surface area contributed by atoms with Crippen LogP contribution in [0.3, 0.4) is 0 Å². The molecule has 27 heavy (non-hydrogen) atoms. The van der Waals surface area contributed by atoms with Gasteiger partial charge in [-0.25, -0.2) is 13.8 Å². The third-order valence-electron chi connectivity index (χ3n) is 4.96. The first-order valence-electron chi connectivity index (χ1n) is 8.88. The molecule has 1 saturated heterocycles. The minimum Gasteiger partial charge on any atom is -0.353 e. The number of hydrogen-bond donors (Lipinski definition) is 0. The molecule has 4 nitrogen and oxygen atoms in total. The van der Waals surface area contributed by atoms with E-state index in [9.17, 15) is 13.6 Å². The fraction of sp³-hybridized carbons (Fsp3) is 0.238. The third-order valence-corrected chi connectivity index (χ3v) is 4.96. The average molecular weight is 367 g/mol. The number of pyridine rings is 1. The Morgan fingerprint density at radius 3 is 2.48 bits per heavy atom. The lowest BCUT2D eigenvalue weighted by Gasteiger charge is -2.35. The first kappa shape index (κ1) is 17.4. The highest BCUT2D eigenvalue weighted by Gasteiger charge is 2.25. The molecule has 0 N–H and O–H groups in total. The van der Waals surface area contributed by atoms with Crippen LogP contribution in [0.5, 0.6) is 0 Å². The van der Waals surface area contributed by atoms with Gasteiger partial charge >= 0.3 is 0 Å². The summed E-state index contributed by atoms with van der Waals surface area (Å²) in [4.78, 5) is 21.0. The topological polar surface area (TPSA) is 36.4 Å². The molecule has 0 unspecified atom stereocenters. The Labute approximate surface area is 156 Å². The standard InChI is InChI=1S/C21H19F2N3O/c1-14-12-20(24-19-5-3-2-4-16(14)19)25-8-10-26(11-9-25)21(27)17-7-6-15(22)13-18(17)23/h2-7,12-13H,8-11H2,1H3. The molecule has 1 amide bonds. The van der Waals surface area contributed by atoms with Crippen LogP contribution in [0.25, 0.3) is 10.9 Å². The SMILES string of the molecule is Cc1cc(N2CCN(C(=O)c3ccc(F)cc3F)CC2)nc2ccccc12. The van der Waals surface area contributed by atoms with Gasteiger partial charge in [0.25, 0.3) is 5.91 Å². The van der Waals surface area contributed by atoms with E-state index in [1.165, 1.54) is 6.07 Å². The van der Waals surface area contributed by atoms with Crippen molar-refractivity contribution in [3.63, 3.8) is 0 Å². The molecule has 0 saturated carbocycles. The van der Waals surface area contributed by atoms with Crippen LogP contribution >= 0.6 is 0 Å². The Kier molecular flexibility index (Phi) is 4.48. The number of amides is 1. The van der Waals surface area contributed by atoms with Crippen LogP contribution < -0.4 is 4.90 Å². The van der Waals surface area contributed by atoms with Crippen LogP contribution in [0, 0.1) is 18.6 Å². The summed E-state index contributed by atoms with van der Waals surface area (Å²) >= 11 is 0. The van der Waals surface area contributed by atoms with Gasteiger partial charge in [0.05, 0.1) is 11.1 Å². The van der Waals surface area contributed by atoms with Crippen molar-refractivity contribution in [3.8, 4) is 0 Å². The van der Waals surface area contributed by atoms with Gasteiger partial charge in [-0.2, -0.15) is 0 Å². The van der Waals surface area contributed by atoms with Gasteiger partial charge in [0.1, 0.15) is 17.5 Å². The Bertz CT molecular complexity index is 1010. The van der Waals surface area contributed by atoms with Crippen molar-refractivity contribution in [2.75, 3.05) is 31.1 Å². The number of carbonyl (C=O) groups excluding carboxylic acids is 1. The maximum atomic E-state index is 13.9. The molecule has 6 heteroatoms. The first-order chi connectivity index (χ1) is 13.0. The van der Waals surface area contributed by atoms with Gasteiger partial charge in [0.2, 0.25) is 0 Å². The molecule has 0 aliphatic carbocycles. The van der Waals surface area contributed by atoms with E-state index in [0.29, 0.717) is 26.2 Å². The third kappa shape index (κ3) is 3.35. The van der Waals surface area contributed by atoms with Crippen molar-refractivity contribution in [2.24, 2.45) is 0 Å². The second-order valence-corrected chi connectivity index (χ2v) is 6.72. The van der Waals surface area contributed by atoms with Crippen LogP contribution in [0.4, 0.5) is 14.6 Å². The molecular formula is C21H19F2N3O. The maximum absolute atomic E-state index is 13.9. The van der Waals surface area contributed by atoms with Crippen LogP contribution in [0.2, 0.25) is 0 Å². The summed E-state index contributed by atoms with van der Waals surface area (Å²) in [6.45, 7) is 4.20. The summed E-state index contributed by atoms with van der Waals surface area (Å²) in [5.41, 5.74) is 2.01. The maximum Gasteiger partial charge on any atom is 0.256 e. The second kappa shape index (κ2) is 6.95. The quantitative estimate of drug-likeness (QED) is 0.692. The summed E-state index contributed by atoms with van der Waals surface area (Å²) in [6.07, 6.45) is 0. The van der Waals surface area contributed by atoms with Crippen molar-refractivity contribution >= 4 is 22.6 Å². The summed E-state index contributed by atoms with van der Waals surface area (Å²) < 4.78 is 26.9. The number of nitrogens with zero attached hydrogens (tertiary/aromatic N) is 3. The van der Waals surface area contributed by atoms with E-state index in [-0.39, 0.29) is 5.56 Å². The van der Waals surface area contributed by atoms with E-state index >= 15 is 0 Å². The predicted molar refractivity (Wildman–Crippen MR) is 101 cm³/mol. The molecule has 1 fully saturated rings. The zero-order chi connectivity index (χ0) is 19.0. The Morgan fingerprint density at radius 2 is 1.74 bits per heavy atom. The molecule has 1 aliphatic heterocycles. The van der Waals surface area contributed by atoms with Gasteiger partial charge in [0, 0.05) is 37.6 Å². The van der Waals surface area contributed by atoms with E-state index in [1.807, 2.05) is 18.2 Å². The molecule has 3 aromatic rings. The number of aromatic nitrogens is 1. The zero-order valence-electron chi connectivity index (χ0n) is 15.0. The van der Waals surface area contributed by atoms with Gasteiger partial charge in [-0.15, -0.1) is 0 Å². The summed E-state index contributed by atoms with van der Waals surface area (Å²) in [5.74, 6) is -1.04. The Morgan fingerprint density at radius 1 is 1.00 bits per heavy atom. The molecule has 0 spiro atoms. The molecule has 0 radical (unpaired) electrons. The lowest BCUT2D eigenvalue weighted by molar-refractivity contribution is 0.0741. The van der Waals surface area contributed by atoms with Crippen LogP contribution in [-0.2, 0) is 0 Å². The zero-order valence-corrected chi connectivity index (χ0v) is 15.0. The van der Waals surface area contributed by atoms with E-state index in [1.54, 1.807) is 4.90 Å².